The first kappa shape index (κ1) is 18.9. The van der Waals surface area contributed by atoms with Crippen LogP contribution in [-0.4, -0.2) is 25.0 Å². The third kappa shape index (κ3) is 5.60. The number of benzene rings is 2. The first-order valence-corrected chi connectivity index (χ1v) is 8.32. The summed E-state index contributed by atoms with van der Waals surface area (Å²) in [6.07, 6.45) is 2.53. The summed E-state index contributed by atoms with van der Waals surface area (Å²) in [6, 6.07) is 16.7. The Kier molecular flexibility index (Phi) is 7.14. The molecule has 0 bridgehead atoms. The minimum Gasteiger partial charge on any atom is -0.463 e. The van der Waals surface area contributed by atoms with Crippen LogP contribution in [0.2, 0.25) is 0 Å². The number of unbranched alkanes of at least 4 members (excludes halogenated alkanes) is 1. The highest BCUT2D eigenvalue weighted by Gasteiger charge is 2.06. The van der Waals surface area contributed by atoms with Gasteiger partial charge in [0.15, 0.2) is 0 Å². The fraction of sp³-hybridized carbons (Fsp3) is 0.190. The van der Waals surface area contributed by atoms with Crippen LogP contribution in [0.5, 0.6) is 0 Å². The van der Waals surface area contributed by atoms with Crippen LogP contribution >= 0.6 is 0 Å². The molecule has 0 spiro atoms. The number of hydrogen-bond acceptors (Lipinski definition) is 4. The summed E-state index contributed by atoms with van der Waals surface area (Å²) in [5, 5.41) is 11.7. The van der Waals surface area contributed by atoms with E-state index >= 15 is 0 Å². The highest BCUT2D eigenvalue weighted by Crippen LogP contribution is 2.20. The third-order valence-corrected chi connectivity index (χ3v) is 3.76. The second-order valence-corrected chi connectivity index (χ2v) is 5.60. The van der Waals surface area contributed by atoms with Gasteiger partial charge in [0.25, 0.3) is 5.91 Å². The first-order valence-electron chi connectivity index (χ1n) is 8.32. The van der Waals surface area contributed by atoms with Crippen LogP contribution in [0.1, 0.15) is 28.8 Å². The number of esters is 1. The molecule has 0 fully saturated rings. The Labute approximate surface area is 152 Å². The van der Waals surface area contributed by atoms with Crippen molar-refractivity contribution < 1.29 is 14.3 Å². The number of nitrogens with zero attached hydrogens (tertiary/aromatic N) is 1. The summed E-state index contributed by atoms with van der Waals surface area (Å²) in [7, 11) is 0. The van der Waals surface area contributed by atoms with Gasteiger partial charge in [-0.1, -0.05) is 30.8 Å². The fourth-order valence-electron chi connectivity index (χ4n) is 2.31. The van der Waals surface area contributed by atoms with Crippen molar-refractivity contribution in [3.63, 3.8) is 0 Å². The van der Waals surface area contributed by atoms with E-state index in [0.29, 0.717) is 30.7 Å². The second-order valence-electron chi connectivity index (χ2n) is 5.60. The number of carbonyl (C=O) groups is 2. The van der Waals surface area contributed by atoms with E-state index in [1.165, 1.54) is 0 Å². The van der Waals surface area contributed by atoms with Crippen molar-refractivity contribution in [3.8, 4) is 17.2 Å². The van der Waals surface area contributed by atoms with Crippen molar-refractivity contribution >= 4 is 11.9 Å². The maximum Gasteiger partial charge on any atom is 0.330 e. The van der Waals surface area contributed by atoms with Gasteiger partial charge in [0.05, 0.1) is 18.2 Å². The molecule has 0 heterocycles. The quantitative estimate of drug-likeness (QED) is 0.450. The fourth-order valence-corrected chi connectivity index (χ4v) is 2.31. The molecule has 2 aromatic carbocycles. The molecule has 0 unspecified atom stereocenters. The second kappa shape index (κ2) is 9.80. The minimum atomic E-state index is -0.434. The van der Waals surface area contributed by atoms with Gasteiger partial charge in [0, 0.05) is 18.2 Å². The first-order chi connectivity index (χ1) is 12.6. The maximum atomic E-state index is 12.1. The van der Waals surface area contributed by atoms with Gasteiger partial charge in [0.1, 0.15) is 0 Å². The van der Waals surface area contributed by atoms with E-state index in [9.17, 15) is 9.59 Å². The smallest absolute Gasteiger partial charge is 0.330 e. The van der Waals surface area contributed by atoms with Gasteiger partial charge in [-0.3, -0.25) is 4.79 Å². The summed E-state index contributed by atoms with van der Waals surface area (Å²) >= 11 is 0. The third-order valence-electron chi connectivity index (χ3n) is 3.76. The Bertz CT molecular complexity index is 803. The lowest BCUT2D eigenvalue weighted by Crippen LogP contribution is -2.24. The Morgan fingerprint density at radius 3 is 2.23 bits per heavy atom. The van der Waals surface area contributed by atoms with Crippen molar-refractivity contribution in [1.82, 2.24) is 5.32 Å². The van der Waals surface area contributed by atoms with Gasteiger partial charge in [-0.25, -0.2) is 4.79 Å². The van der Waals surface area contributed by atoms with Crippen LogP contribution in [-0.2, 0) is 9.53 Å². The summed E-state index contributed by atoms with van der Waals surface area (Å²) < 4.78 is 4.87. The van der Waals surface area contributed by atoms with E-state index in [-0.39, 0.29) is 5.91 Å². The molecule has 0 aromatic heterocycles. The Morgan fingerprint density at radius 1 is 1.04 bits per heavy atom. The average molecular weight is 348 g/mol. The van der Waals surface area contributed by atoms with Crippen LogP contribution in [0, 0.1) is 11.3 Å². The zero-order chi connectivity index (χ0) is 18.8. The molecule has 0 aliphatic heterocycles. The number of ether oxygens (including phenoxy) is 1. The van der Waals surface area contributed by atoms with E-state index in [1.807, 2.05) is 24.3 Å². The van der Waals surface area contributed by atoms with Gasteiger partial charge < -0.3 is 10.1 Å². The number of rotatable bonds is 8. The minimum absolute atomic E-state index is 0.139. The van der Waals surface area contributed by atoms with E-state index in [0.717, 1.165) is 23.6 Å². The van der Waals surface area contributed by atoms with Gasteiger partial charge in [-0.2, -0.15) is 5.26 Å². The maximum absolute atomic E-state index is 12.1. The highest BCUT2D eigenvalue weighted by molar-refractivity contribution is 5.94. The molecule has 5 heteroatoms. The number of nitriles is 1. The molecule has 0 radical (unpaired) electrons. The number of amides is 1. The average Bonchev–Trinajstić information content (AvgIpc) is 2.70. The molecular formula is C21H20N2O3. The molecule has 0 aliphatic rings. The van der Waals surface area contributed by atoms with E-state index < -0.39 is 5.97 Å². The van der Waals surface area contributed by atoms with Gasteiger partial charge >= 0.3 is 5.97 Å². The Balaban J connectivity index is 1.80. The van der Waals surface area contributed by atoms with E-state index in [1.54, 1.807) is 24.3 Å². The zero-order valence-electron chi connectivity index (χ0n) is 14.4. The van der Waals surface area contributed by atoms with Crippen molar-refractivity contribution in [2.24, 2.45) is 0 Å². The number of nitrogens with one attached hydrogen (secondary N) is 1. The van der Waals surface area contributed by atoms with Crippen LogP contribution in [0.3, 0.4) is 0 Å². The van der Waals surface area contributed by atoms with Crippen molar-refractivity contribution in [1.29, 1.82) is 5.26 Å². The largest absolute Gasteiger partial charge is 0.463 e. The monoisotopic (exact) mass is 348 g/mol. The van der Waals surface area contributed by atoms with Crippen LogP contribution in [0.15, 0.2) is 61.2 Å². The molecule has 0 saturated carbocycles. The van der Waals surface area contributed by atoms with E-state index in [2.05, 4.69) is 18.0 Å². The standard InChI is InChI=1S/C21H20N2O3/c1-2-20(24)26-14-4-3-13-23-21(25)19-11-9-18(10-12-19)17-7-5-16(15-22)6-8-17/h2,5-12H,1,3-4,13-14H2,(H,23,25). The molecule has 0 aliphatic carbocycles. The number of carbonyl (C=O) groups excluding carboxylic acids is 2. The number of hydrogen-bond donors (Lipinski definition) is 1. The predicted octanol–water partition coefficient (Wildman–Crippen LogP) is 3.46. The highest BCUT2D eigenvalue weighted by atomic mass is 16.5. The van der Waals surface area contributed by atoms with E-state index in [4.69, 9.17) is 10.00 Å². The van der Waals surface area contributed by atoms with Gasteiger partial charge in [-0.05, 0) is 48.2 Å². The lowest BCUT2D eigenvalue weighted by atomic mass is 10.0. The van der Waals surface area contributed by atoms with Crippen molar-refractivity contribution in [2.45, 2.75) is 12.8 Å². The molecule has 132 valence electrons. The lowest BCUT2D eigenvalue weighted by molar-refractivity contribution is -0.137. The Morgan fingerprint density at radius 2 is 1.65 bits per heavy atom. The molecule has 2 rings (SSSR count). The summed E-state index contributed by atoms with van der Waals surface area (Å²) in [5.74, 6) is -0.573. The van der Waals surface area contributed by atoms with Crippen molar-refractivity contribution in [3.05, 3.63) is 72.3 Å². The molecule has 5 nitrogen and oxygen atoms in total. The molecule has 1 amide bonds. The van der Waals surface area contributed by atoms with Gasteiger partial charge in [-0.15, -0.1) is 0 Å². The van der Waals surface area contributed by atoms with Crippen LogP contribution < -0.4 is 5.32 Å². The van der Waals surface area contributed by atoms with Crippen LogP contribution in [0.25, 0.3) is 11.1 Å². The topological polar surface area (TPSA) is 79.2 Å². The SMILES string of the molecule is C=CC(=O)OCCCCNC(=O)c1ccc(-c2ccc(C#N)cc2)cc1. The van der Waals surface area contributed by atoms with Crippen molar-refractivity contribution in [2.75, 3.05) is 13.2 Å². The molecule has 0 saturated heterocycles. The summed E-state index contributed by atoms with van der Waals surface area (Å²) in [6.45, 7) is 4.16. The molecule has 0 atom stereocenters. The predicted molar refractivity (Wildman–Crippen MR) is 99.3 cm³/mol. The normalized spacial score (nSPS) is 9.81. The molecule has 2 aromatic rings. The molecule has 1 N–H and O–H groups in total. The molecule has 26 heavy (non-hydrogen) atoms. The summed E-state index contributed by atoms with van der Waals surface area (Å²) in [5.41, 5.74) is 3.17. The van der Waals surface area contributed by atoms with Gasteiger partial charge in [0.2, 0.25) is 0 Å². The zero-order valence-corrected chi connectivity index (χ0v) is 14.4. The summed E-state index contributed by atoms with van der Waals surface area (Å²) in [4.78, 5) is 23.0. The Hall–Kier alpha value is -3.39. The molecular weight excluding hydrogens is 328 g/mol. The lowest BCUT2D eigenvalue weighted by Gasteiger charge is -2.07. The van der Waals surface area contributed by atoms with Crippen LogP contribution in [0.4, 0.5) is 0 Å².